The average Bonchev–Trinajstić information content (AvgIpc) is 3.46. The molecule has 0 aliphatic carbocycles. The Morgan fingerprint density at radius 3 is 2.56 bits per heavy atom. The minimum absolute atomic E-state index is 0.100. The first kappa shape index (κ1) is 21.3. The highest BCUT2D eigenvalue weighted by Gasteiger charge is 2.35. The molecule has 2 aromatic carbocycles. The second-order valence-corrected chi connectivity index (χ2v) is 8.05. The van der Waals surface area contributed by atoms with Gasteiger partial charge in [-0.2, -0.15) is 5.26 Å². The van der Waals surface area contributed by atoms with Crippen molar-refractivity contribution in [3.63, 3.8) is 0 Å². The van der Waals surface area contributed by atoms with Gasteiger partial charge in [-0.1, -0.05) is 30.3 Å². The molecule has 1 aliphatic heterocycles. The summed E-state index contributed by atoms with van der Waals surface area (Å²) in [6.45, 7) is 3.78. The van der Waals surface area contributed by atoms with Gasteiger partial charge in [-0.05, 0) is 43.7 Å². The number of nitriles is 1. The van der Waals surface area contributed by atoms with E-state index in [1.807, 2.05) is 79.2 Å². The number of benzene rings is 2. The average molecular weight is 450 g/mol. The number of aromatic nitrogens is 2. The lowest BCUT2D eigenvalue weighted by molar-refractivity contribution is 0.283. The van der Waals surface area contributed by atoms with E-state index in [0.29, 0.717) is 22.8 Å². The van der Waals surface area contributed by atoms with Crippen LogP contribution < -0.4 is 5.73 Å². The Balaban J connectivity index is 1.63. The van der Waals surface area contributed by atoms with Crippen LogP contribution in [-0.2, 0) is 4.74 Å². The first-order valence-corrected chi connectivity index (χ1v) is 10.9. The largest absolute Gasteiger partial charge is 0.454 e. The molecular formula is C27H23N5O2. The van der Waals surface area contributed by atoms with Crippen LogP contribution in [0.3, 0.4) is 0 Å². The second kappa shape index (κ2) is 8.41. The molecule has 2 aromatic heterocycles. The van der Waals surface area contributed by atoms with Gasteiger partial charge in [0.15, 0.2) is 5.76 Å². The van der Waals surface area contributed by atoms with Gasteiger partial charge in [0.05, 0.1) is 5.92 Å². The first-order valence-electron chi connectivity index (χ1n) is 10.9. The highest BCUT2D eigenvalue weighted by molar-refractivity contribution is 6.14. The summed E-state index contributed by atoms with van der Waals surface area (Å²) in [6, 6.07) is 20.0. The van der Waals surface area contributed by atoms with Crippen molar-refractivity contribution in [2.75, 3.05) is 7.05 Å². The summed E-state index contributed by atoms with van der Waals surface area (Å²) < 4.78 is 13.9. The summed E-state index contributed by atoms with van der Waals surface area (Å²) in [6.07, 6.45) is 3.68. The molecule has 0 bridgehead atoms. The van der Waals surface area contributed by atoms with Gasteiger partial charge < -0.3 is 19.5 Å². The number of nitrogens with zero attached hydrogens (tertiary/aromatic N) is 4. The Morgan fingerprint density at radius 2 is 1.91 bits per heavy atom. The standard InChI is InChI=1S/C27H23N5O2/c1-16-24(26(30-3)23-14-19-6-4-5-7-22(19)34-23)25(21(15-28)27(29)33-16)18-8-10-20(11-9-18)32-13-12-31-17(32)2/h4-14,25H,29H2,1-3H3. The number of hydrogen-bond donors (Lipinski definition) is 1. The van der Waals surface area contributed by atoms with Crippen LogP contribution in [-0.4, -0.2) is 22.3 Å². The van der Waals surface area contributed by atoms with Gasteiger partial charge in [-0.15, -0.1) is 0 Å². The topological polar surface area (TPSA) is 102 Å². The number of ether oxygens (including phenoxy) is 1. The summed E-state index contributed by atoms with van der Waals surface area (Å²) in [5, 5.41) is 11.0. The van der Waals surface area contributed by atoms with Crippen molar-refractivity contribution in [2.45, 2.75) is 19.8 Å². The van der Waals surface area contributed by atoms with Gasteiger partial charge in [0, 0.05) is 36.1 Å². The monoisotopic (exact) mass is 449 g/mol. The van der Waals surface area contributed by atoms with Gasteiger partial charge in [-0.25, -0.2) is 4.98 Å². The Labute approximate surface area is 197 Å². The number of rotatable bonds is 4. The zero-order chi connectivity index (χ0) is 23.8. The summed E-state index contributed by atoms with van der Waals surface area (Å²) in [5.74, 6) is 1.72. The normalized spacial score (nSPS) is 16.6. The molecule has 1 unspecified atom stereocenters. The number of allylic oxidation sites excluding steroid dienone is 3. The number of hydrogen-bond acceptors (Lipinski definition) is 6. The van der Waals surface area contributed by atoms with Crippen LogP contribution >= 0.6 is 0 Å². The Morgan fingerprint density at radius 1 is 1.15 bits per heavy atom. The third-order valence-corrected chi connectivity index (χ3v) is 6.07. The van der Waals surface area contributed by atoms with Gasteiger partial charge in [0.25, 0.3) is 0 Å². The molecule has 4 aromatic rings. The van der Waals surface area contributed by atoms with Gasteiger partial charge in [0.1, 0.15) is 34.5 Å². The van der Waals surface area contributed by atoms with Crippen LogP contribution in [0.5, 0.6) is 0 Å². The Kier molecular flexibility index (Phi) is 5.27. The van der Waals surface area contributed by atoms with E-state index in [9.17, 15) is 5.26 Å². The molecule has 0 fully saturated rings. The molecule has 7 nitrogen and oxygen atoms in total. The fourth-order valence-electron chi connectivity index (χ4n) is 4.46. The number of fused-ring (bicyclic) bond motifs is 1. The third kappa shape index (κ3) is 3.46. The molecule has 7 heteroatoms. The zero-order valence-electron chi connectivity index (χ0n) is 19.1. The molecule has 0 spiro atoms. The van der Waals surface area contributed by atoms with Crippen molar-refractivity contribution >= 4 is 16.7 Å². The van der Waals surface area contributed by atoms with E-state index in [-0.39, 0.29) is 5.88 Å². The minimum Gasteiger partial charge on any atom is -0.454 e. The van der Waals surface area contributed by atoms with Crippen LogP contribution in [0, 0.1) is 18.3 Å². The molecule has 0 radical (unpaired) electrons. The summed E-state index contributed by atoms with van der Waals surface area (Å²) in [4.78, 5) is 8.86. The highest BCUT2D eigenvalue weighted by atomic mass is 16.5. The maximum absolute atomic E-state index is 10.0. The van der Waals surface area contributed by atoms with Gasteiger partial charge >= 0.3 is 0 Å². The fourth-order valence-corrected chi connectivity index (χ4v) is 4.46. The summed E-state index contributed by atoms with van der Waals surface area (Å²) >= 11 is 0. The predicted molar refractivity (Wildman–Crippen MR) is 130 cm³/mol. The lowest BCUT2D eigenvalue weighted by Crippen LogP contribution is -2.24. The number of aryl methyl sites for hydroxylation is 1. The summed E-state index contributed by atoms with van der Waals surface area (Å²) in [5.41, 5.74) is 10.5. The maximum Gasteiger partial charge on any atom is 0.205 e. The van der Waals surface area contributed by atoms with E-state index >= 15 is 0 Å². The predicted octanol–water partition coefficient (Wildman–Crippen LogP) is 5.13. The molecule has 3 heterocycles. The molecule has 1 aliphatic rings. The number of nitrogens with two attached hydrogens (primary N) is 1. The fraction of sp³-hybridized carbons (Fsp3) is 0.148. The smallest absolute Gasteiger partial charge is 0.205 e. The first-order chi connectivity index (χ1) is 16.5. The number of para-hydroxylation sites is 1. The van der Waals surface area contributed by atoms with E-state index in [1.165, 1.54) is 0 Å². The molecule has 34 heavy (non-hydrogen) atoms. The number of aliphatic imine (C=N–C) groups is 1. The third-order valence-electron chi connectivity index (χ3n) is 6.07. The lowest BCUT2D eigenvalue weighted by atomic mass is 9.80. The van der Waals surface area contributed by atoms with E-state index in [2.05, 4.69) is 16.0 Å². The van der Waals surface area contributed by atoms with Crippen molar-refractivity contribution in [1.82, 2.24) is 9.55 Å². The van der Waals surface area contributed by atoms with E-state index in [1.54, 1.807) is 13.2 Å². The van der Waals surface area contributed by atoms with Crippen LogP contribution in [0.1, 0.15) is 30.0 Å². The molecule has 0 amide bonds. The molecule has 2 N–H and O–H groups in total. The molecule has 0 saturated heterocycles. The van der Waals surface area contributed by atoms with E-state index in [0.717, 1.165) is 33.6 Å². The molecule has 0 saturated carbocycles. The molecule has 5 rings (SSSR count). The van der Waals surface area contributed by atoms with Crippen LogP contribution in [0.25, 0.3) is 16.7 Å². The number of imidazole rings is 1. The van der Waals surface area contributed by atoms with Gasteiger partial charge in [-0.3, -0.25) is 4.99 Å². The molecular weight excluding hydrogens is 426 g/mol. The lowest BCUT2D eigenvalue weighted by Gasteiger charge is -2.28. The Bertz CT molecular complexity index is 1490. The van der Waals surface area contributed by atoms with Crippen LogP contribution in [0.15, 0.2) is 99.2 Å². The quantitative estimate of drug-likeness (QED) is 0.435. The number of furan rings is 1. The Hall–Kier alpha value is -4.57. The summed E-state index contributed by atoms with van der Waals surface area (Å²) in [7, 11) is 1.71. The van der Waals surface area contributed by atoms with Crippen molar-refractivity contribution in [3.05, 3.63) is 107 Å². The SMILES string of the molecule is CN=C(C1=C(C)OC(N)=C(C#N)C1c1ccc(-n2ccnc2C)cc1)c1cc2ccccc2o1. The minimum atomic E-state index is -0.455. The van der Waals surface area contributed by atoms with Crippen molar-refractivity contribution < 1.29 is 9.15 Å². The van der Waals surface area contributed by atoms with Crippen LogP contribution in [0.2, 0.25) is 0 Å². The highest BCUT2D eigenvalue weighted by Crippen LogP contribution is 2.41. The van der Waals surface area contributed by atoms with Gasteiger partial charge in [0.2, 0.25) is 5.88 Å². The van der Waals surface area contributed by atoms with E-state index in [4.69, 9.17) is 14.9 Å². The van der Waals surface area contributed by atoms with Crippen molar-refractivity contribution in [3.8, 4) is 11.8 Å². The van der Waals surface area contributed by atoms with Crippen molar-refractivity contribution in [2.24, 2.45) is 10.7 Å². The van der Waals surface area contributed by atoms with Crippen LogP contribution in [0.4, 0.5) is 0 Å². The van der Waals surface area contributed by atoms with Crippen molar-refractivity contribution in [1.29, 1.82) is 5.26 Å². The molecule has 168 valence electrons. The molecule has 1 atom stereocenters. The maximum atomic E-state index is 10.0. The zero-order valence-corrected chi connectivity index (χ0v) is 19.1. The second-order valence-electron chi connectivity index (χ2n) is 8.05. The van der Waals surface area contributed by atoms with E-state index < -0.39 is 5.92 Å².